The summed E-state index contributed by atoms with van der Waals surface area (Å²) in [5, 5.41) is 11.8. The summed E-state index contributed by atoms with van der Waals surface area (Å²) in [5.74, 6) is -0.908. The number of methoxy groups -OCH3 is 1. The van der Waals surface area contributed by atoms with Gasteiger partial charge in [-0.05, 0) is 19.3 Å². The highest BCUT2D eigenvalue weighted by atomic mass is 16.5. The lowest BCUT2D eigenvalue weighted by molar-refractivity contribution is -0.139. The second kappa shape index (κ2) is 6.59. The normalized spacial score (nSPS) is 17.9. The number of rotatable bonds is 7. The van der Waals surface area contributed by atoms with Gasteiger partial charge in [0.1, 0.15) is 0 Å². The first-order chi connectivity index (χ1) is 8.08. The Morgan fingerprint density at radius 2 is 2.00 bits per heavy atom. The molecule has 0 unspecified atom stereocenters. The van der Waals surface area contributed by atoms with E-state index >= 15 is 0 Å². The molecule has 0 bridgehead atoms. The number of carboxylic acid groups (broad SMARTS) is 1. The Bertz CT molecular complexity index is 272. The summed E-state index contributed by atoms with van der Waals surface area (Å²) in [6, 6.07) is 0. The van der Waals surface area contributed by atoms with E-state index in [1.165, 1.54) is 0 Å². The van der Waals surface area contributed by atoms with Gasteiger partial charge in [0.15, 0.2) is 0 Å². The molecule has 17 heavy (non-hydrogen) atoms. The molecule has 0 atom stereocenters. The average Bonchev–Trinajstić information content (AvgIpc) is 2.65. The zero-order valence-corrected chi connectivity index (χ0v) is 10.3. The SMILES string of the molecule is COCCCC(=O)NC1(CC(=O)O)CCCC1. The second-order valence-electron chi connectivity index (χ2n) is 4.70. The maximum atomic E-state index is 11.7. The van der Waals surface area contributed by atoms with Crippen molar-refractivity contribution in [3.8, 4) is 0 Å². The van der Waals surface area contributed by atoms with Crippen LogP contribution in [-0.2, 0) is 14.3 Å². The standard InChI is InChI=1S/C12H21NO4/c1-17-8-4-5-10(14)13-12(9-11(15)16)6-2-3-7-12/h2-9H2,1H3,(H,13,14)(H,15,16). The van der Waals surface area contributed by atoms with Crippen LogP contribution in [0.5, 0.6) is 0 Å². The van der Waals surface area contributed by atoms with E-state index in [-0.39, 0.29) is 12.3 Å². The Balaban J connectivity index is 2.43. The molecule has 0 saturated heterocycles. The van der Waals surface area contributed by atoms with Crippen LogP contribution in [0.2, 0.25) is 0 Å². The molecule has 1 saturated carbocycles. The molecular weight excluding hydrogens is 222 g/mol. The number of carbonyl (C=O) groups is 2. The van der Waals surface area contributed by atoms with Crippen molar-refractivity contribution in [3.63, 3.8) is 0 Å². The van der Waals surface area contributed by atoms with Gasteiger partial charge < -0.3 is 15.2 Å². The first-order valence-corrected chi connectivity index (χ1v) is 6.10. The molecule has 0 spiro atoms. The summed E-state index contributed by atoms with van der Waals surface area (Å²) in [5.41, 5.74) is -0.504. The molecule has 1 aliphatic carbocycles. The summed E-state index contributed by atoms with van der Waals surface area (Å²) in [6.07, 6.45) is 4.63. The molecule has 0 radical (unpaired) electrons. The third kappa shape index (κ3) is 4.73. The predicted octanol–water partition coefficient (Wildman–Crippen LogP) is 1.32. The van der Waals surface area contributed by atoms with Gasteiger partial charge in [-0.1, -0.05) is 12.8 Å². The van der Waals surface area contributed by atoms with E-state index in [1.54, 1.807) is 7.11 Å². The van der Waals surface area contributed by atoms with Gasteiger partial charge in [0, 0.05) is 20.1 Å². The molecule has 5 nitrogen and oxygen atoms in total. The van der Waals surface area contributed by atoms with Gasteiger partial charge >= 0.3 is 5.97 Å². The van der Waals surface area contributed by atoms with Crippen molar-refractivity contribution in [1.29, 1.82) is 0 Å². The smallest absolute Gasteiger partial charge is 0.305 e. The lowest BCUT2D eigenvalue weighted by atomic mass is 9.93. The predicted molar refractivity (Wildman–Crippen MR) is 62.7 cm³/mol. The largest absolute Gasteiger partial charge is 0.481 e. The summed E-state index contributed by atoms with van der Waals surface area (Å²) in [6.45, 7) is 0.555. The first-order valence-electron chi connectivity index (χ1n) is 6.10. The van der Waals surface area contributed by atoms with E-state index in [2.05, 4.69) is 5.32 Å². The van der Waals surface area contributed by atoms with E-state index < -0.39 is 11.5 Å². The Morgan fingerprint density at radius 1 is 1.35 bits per heavy atom. The highest BCUT2D eigenvalue weighted by Gasteiger charge is 2.37. The Labute approximate surface area is 102 Å². The molecule has 0 aliphatic heterocycles. The van der Waals surface area contributed by atoms with Crippen molar-refractivity contribution >= 4 is 11.9 Å². The van der Waals surface area contributed by atoms with Crippen LogP contribution in [0.25, 0.3) is 0 Å². The third-order valence-corrected chi connectivity index (χ3v) is 3.21. The lowest BCUT2D eigenvalue weighted by Crippen LogP contribution is -2.47. The van der Waals surface area contributed by atoms with Gasteiger partial charge in [-0.25, -0.2) is 0 Å². The molecule has 1 rings (SSSR count). The maximum Gasteiger partial charge on any atom is 0.305 e. The van der Waals surface area contributed by atoms with Crippen molar-refractivity contribution in [2.24, 2.45) is 0 Å². The molecular formula is C12H21NO4. The van der Waals surface area contributed by atoms with Crippen LogP contribution >= 0.6 is 0 Å². The van der Waals surface area contributed by atoms with Gasteiger partial charge in [-0.3, -0.25) is 9.59 Å². The van der Waals surface area contributed by atoms with Crippen molar-refractivity contribution in [2.75, 3.05) is 13.7 Å². The summed E-state index contributed by atoms with van der Waals surface area (Å²) in [7, 11) is 1.60. The minimum Gasteiger partial charge on any atom is -0.481 e. The fourth-order valence-electron chi connectivity index (χ4n) is 2.42. The third-order valence-electron chi connectivity index (χ3n) is 3.21. The summed E-state index contributed by atoms with van der Waals surface area (Å²) >= 11 is 0. The zero-order valence-electron chi connectivity index (χ0n) is 10.3. The Hall–Kier alpha value is -1.10. The molecule has 1 fully saturated rings. The number of hydrogen-bond acceptors (Lipinski definition) is 3. The first kappa shape index (κ1) is 14.0. The fraction of sp³-hybridized carbons (Fsp3) is 0.833. The minimum absolute atomic E-state index is 0.0308. The van der Waals surface area contributed by atoms with Crippen LogP contribution < -0.4 is 5.32 Å². The number of ether oxygens (including phenoxy) is 1. The number of carboxylic acids is 1. The van der Waals surface area contributed by atoms with Crippen LogP contribution in [0.3, 0.4) is 0 Å². The molecule has 5 heteroatoms. The van der Waals surface area contributed by atoms with E-state index in [4.69, 9.17) is 9.84 Å². The van der Waals surface area contributed by atoms with Crippen LogP contribution in [0.15, 0.2) is 0 Å². The van der Waals surface area contributed by atoms with Gasteiger partial charge in [0.05, 0.1) is 12.0 Å². The molecule has 0 heterocycles. The monoisotopic (exact) mass is 243 g/mol. The Kier molecular flexibility index (Phi) is 5.41. The van der Waals surface area contributed by atoms with Gasteiger partial charge in [-0.2, -0.15) is 0 Å². The highest BCUT2D eigenvalue weighted by molar-refractivity contribution is 5.78. The summed E-state index contributed by atoms with van der Waals surface area (Å²) in [4.78, 5) is 22.5. The van der Waals surface area contributed by atoms with E-state index in [0.29, 0.717) is 19.4 Å². The lowest BCUT2D eigenvalue weighted by Gasteiger charge is -2.28. The topological polar surface area (TPSA) is 75.6 Å². The molecule has 0 aromatic rings. The number of hydrogen-bond donors (Lipinski definition) is 2. The molecule has 0 aromatic heterocycles. The molecule has 1 amide bonds. The van der Waals surface area contributed by atoms with Crippen molar-refractivity contribution in [1.82, 2.24) is 5.32 Å². The minimum atomic E-state index is -0.843. The van der Waals surface area contributed by atoms with Crippen molar-refractivity contribution < 1.29 is 19.4 Å². The fourth-order valence-corrected chi connectivity index (χ4v) is 2.42. The zero-order chi connectivity index (χ0) is 12.7. The van der Waals surface area contributed by atoms with Crippen LogP contribution in [0, 0.1) is 0 Å². The Morgan fingerprint density at radius 3 is 2.53 bits per heavy atom. The summed E-state index contributed by atoms with van der Waals surface area (Å²) < 4.78 is 4.88. The van der Waals surface area contributed by atoms with Crippen molar-refractivity contribution in [3.05, 3.63) is 0 Å². The number of nitrogens with one attached hydrogen (secondary N) is 1. The second-order valence-corrected chi connectivity index (χ2v) is 4.70. The van der Waals surface area contributed by atoms with Crippen molar-refractivity contribution in [2.45, 2.75) is 50.5 Å². The number of aliphatic carboxylic acids is 1. The average molecular weight is 243 g/mol. The number of carbonyl (C=O) groups excluding carboxylic acids is 1. The van der Waals surface area contributed by atoms with E-state index in [1.807, 2.05) is 0 Å². The van der Waals surface area contributed by atoms with Crippen LogP contribution in [0.1, 0.15) is 44.9 Å². The van der Waals surface area contributed by atoms with Gasteiger partial charge in [0.25, 0.3) is 0 Å². The number of amides is 1. The maximum absolute atomic E-state index is 11.7. The quantitative estimate of drug-likeness (QED) is 0.661. The van der Waals surface area contributed by atoms with Gasteiger partial charge in [0.2, 0.25) is 5.91 Å². The van der Waals surface area contributed by atoms with Crippen LogP contribution in [0.4, 0.5) is 0 Å². The highest BCUT2D eigenvalue weighted by Crippen LogP contribution is 2.32. The van der Waals surface area contributed by atoms with Crippen LogP contribution in [-0.4, -0.2) is 36.2 Å². The molecule has 1 aliphatic rings. The van der Waals surface area contributed by atoms with Gasteiger partial charge in [-0.15, -0.1) is 0 Å². The van der Waals surface area contributed by atoms with E-state index in [0.717, 1.165) is 25.7 Å². The molecule has 0 aromatic carbocycles. The molecule has 2 N–H and O–H groups in total. The molecule has 98 valence electrons. The van der Waals surface area contributed by atoms with E-state index in [9.17, 15) is 9.59 Å².